The molecular weight excluding hydrogens is 104 g/mol. The van der Waals surface area contributed by atoms with Crippen LogP contribution in [0.4, 0.5) is 0 Å². The topological polar surface area (TPSA) is 61.0 Å². The highest BCUT2D eigenvalue weighted by Crippen LogP contribution is 2.21. The predicted molar refractivity (Wildman–Crippen MR) is 27.8 cm³/mol. The SMILES string of the molecule is O=C1CC=CC12NN2. The van der Waals surface area contributed by atoms with E-state index in [-0.39, 0.29) is 5.78 Å². The van der Waals surface area contributed by atoms with Gasteiger partial charge < -0.3 is 0 Å². The number of Topliss-reactive ketones (excluding diaryl/α,β-unsaturated/α-hetero) is 1. The van der Waals surface area contributed by atoms with E-state index in [0.717, 1.165) is 0 Å². The second-order valence-corrected chi connectivity index (χ2v) is 2.09. The molecule has 8 heavy (non-hydrogen) atoms. The van der Waals surface area contributed by atoms with Crippen LogP contribution in [0.15, 0.2) is 12.2 Å². The second-order valence-electron chi connectivity index (χ2n) is 2.09. The van der Waals surface area contributed by atoms with E-state index in [0.29, 0.717) is 6.42 Å². The fraction of sp³-hybridized carbons (Fsp3) is 0.400. The molecule has 0 aromatic heterocycles. The van der Waals surface area contributed by atoms with Crippen LogP contribution in [0.25, 0.3) is 0 Å². The van der Waals surface area contributed by atoms with E-state index in [1.807, 2.05) is 12.2 Å². The van der Waals surface area contributed by atoms with Gasteiger partial charge in [0.25, 0.3) is 0 Å². The van der Waals surface area contributed by atoms with Crippen molar-refractivity contribution in [2.45, 2.75) is 12.1 Å². The first-order valence-corrected chi connectivity index (χ1v) is 2.59. The largest absolute Gasteiger partial charge is 0.295 e. The predicted octanol–water partition coefficient (Wildman–Crippen LogP) is -0.681. The fourth-order valence-electron chi connectivity index (χ4n) is 0.887. The number of hydrogen-bond acceptors (Lipinski definition) is 3. The Morgan fingerprint density at radius 1 is 1.62 bits per heavy atom. The Bertz CT molecular complexity index is 169. The van der Waals surface area contributed by atoms with Crippen molar-refractivity contribution in [3.63, 3.8) is 0 Å². The van der Waals surface area contributed by atoms with Crippen molar-refractivity contribution in [2.75, 3.05) is 0 Å². The van der Waals surface area contributed by atoms with Crippen LogP contribution in [0.3, 0.4) is 0 Å². The maximum Gasteiger partial charge on any atom is 0.177 e. The van der Waals surface area contributed by atoms with Crippen molar-refractivity contribution in [2.24, 2.45) is 0 Å². The van der Waals surface area contributed by atoms with E-state index in [9.17, 15) is 4.79 Å². The molecule has 1 fully saturated rings. The molecule has 2 aliphatic rings. The minimum Gasteiger partial charge on any atom is -0.295 e. The molecule has 2 rings (SSSR count). The van der Waals surface area contributed by atoms with E-state index in [2.05, 4.69) is 10.9 Å². The number of rotatable bonds is 0. The van der Waals surface area contributed by atoms with Gasteiger partial charge >= 0.3 is 0 Å². The summed E-state index contributed by atoms with van der Waals surface area (Å²) in [6, 6.07) is 0. The molecule has 3 heteroatoms. The van der Waals surface area contributed by atoms with Gasteiger partial charge in [0.2, 0.25) is 0 Å². The van der Waals surface area contributed by atoms with Crippen LogP contribution < -0.4 is 10.9 Å². The molecule has 1 aliphatic heterocycles. The lowest BCUT2D eigenvalue weighted by Gasteiger charge is -1.91. The first-order chi connectivity index (χ1) is 3.83. The Kier molecular flexibility index (Phi) is 0.535. The third kappa shape index (κ3) is 0.333. The Labute approximate surface area is 46.7 Å². The van der Waals surface area contributed by atoms with Crippen LogP contribution in [-0.2, 0) is 4.79 Å². The van der Waals surface area contributed by atoms with Gasteiger partial charge in [-0.05, 0) is 6.08 Å². The first kappa shape index (κ1) is 4.23. The molecule has 1 spiro atoms. The van der Waals surface area contributed by atoms with Crippen molar-refractivity contribution in [3.05, 3.63) is 12.2 Å². The Hall–Kier alpha value is -0.670. The van der Waals surface area contributed by atoms with Crippen molar-refractivity contribution >= 4 is 5.78 Å². The van der Waals surface area contributed by atoms with Gasteiger partial charge in [-0.3, -0.25) is 4.79 Å². The summed E-state index contributed by atoms with van der Waals surface area (Å²) in [5.41, 5.74) is 5.13. The molecule has 1 aliphatic carbocycles. The average Bonchev–Trinajstić information content (AvgIpc) is 2.39. The summed E-state index contributed by atoms with van der Waals surface area (Å²) in [5.74, 6) is 0.220. The maximum atomic E-state index is 10.8. The molecule has 1 saturated heterocycles. The van der Waals surface area contributed by atoms with Crippen molar-refractivity contribution in [1.29, 1.82) is 0 Å². The van der Waals surface area contributed by atoms with Crippen LogP contribution in [-0.4, -0.2) is 11.4 Å². The summed E-state index contributed by atoms with van der Waals surface area (Å²) >= 11 is 0. The molecule has 2 N–H and O–H groups in total. The van der Waals surface area contributed by atoms with Crippen LogP contribution in [0.2, 0.25) is 0 Å². The first-order valence-electron chi connectivity index (χ1n) is 2.59. The van der Waals surface area contributed by atoms with Crippen LogP contribution in [0.1, 0.15) is 6.42 Å². The molecule has 0 radical (unpaired) electrons. The van der Waals surface area contributed by atoms with Crippen LogP contribution in [0.5, 0.6) is 0 Å². The van der Waals surface area contributed by atoms with Gasteiger partial charge in [0.1, 0.15) is 0 Å². The molecule has 1 heterocycles. The van der Waals surface area contributed by atoms with E-state index in [1.54, 1.807) is 0 Å². The quantitative estimate of drug-likeness (QED) is 0.321. The van der Waals surface area contributed by atoms with Gasteiger partial charge in [0.05, 0.1) is 0 Å². The number of carbonyl (C=O) groups excluding carboxylic acids is 1. The number of ketones is 1. The number of carbonyl (C=O) groups is 1. The molecule has 42 valence electrons. The van der Waals surface area contributed by atoms with Crippen molar-refractivity contribution < 1.29 is 4.79 Å². The molecular formula is C5H6N2O. The number of hydrogen-bond donors (Lipinski definition) is 2. The molecule has 0 aromatic rings. The van der Waals surface area contributed by atoms with E-state index >= 15 is 0 Å². The van der Waals surface area contributed by atoms with Gasteiger partial charge in [-0.25, -0.2) is 10.9 Å². The fourth-order valence-corrected chi connectivity index (χ4v) is 0.887. The molecule has 0 atom stereocenters. The molecule has 0 saturated carbocycles. The van der Waals surface area contributed by atoms with Gasteiger partial charge in [0.15, 0.2) is 11.4 Å². The Balaban J connectivity index is 2.35. The highest BCUT2D eigenvalue weighted by Gasteiger charge is 2.48. The third-order valence-corrected chi connectivity index (χ3v) is 1.51. The molecule has 0 bridgehead atoms. The lowest BCUT2D eigenvalue weighted by Crippen LogP contribution is -2.21. The summed E-state index contributed by atoms with van der Waals surface area (Å²) < 4.78 is 0. The smallest absolute Gasteiger partial charge is 0.177 e. The lowest BCUT2D eigenvalue weighted by atomic mass is 10.2. The summed E-state index contributed by atoms with van der Waals surface area (Å²) in [5, 5.41) is 0. The monoisotopic (exact) mass is 110 g/mol. The number of nitrogens with one attached hydrogen (secondary N) is 2. The van der Waals surface area contributed by atoms with Crippen LogP contribution >= 0.6 is 0 Å². The maximum absolute atomic E-state index is 10.8. The summed E-state index contributed by atoms with van der Waals surface area (Å²) in [7, 11) is 0. The Morgan fingerprint density at radius 2 is 2.38 bits per heavy atom. The zero-order chi connectivity index (χ0) is 5.61. The number of hydrazine groups is 1. The summed E-state index contributed by atoms with van der Waals surface area (Å²) in [4.78, 5) is 10.8. The van der Waals surface area contributed by atoms with Gasteiger partial charge in [-0.2, -0.15) is 0 Å². The normalized spacial score (nSPS) is 29.8. The highest BCUT2D eigenvalue weighted by molar-refractivity contribution is 5.96. The lowest BCUT2D eigenvalue weighted by molar-refractivity contribution is -0.119. The average molecular weight is 110 g/mol. The molecule has 0 aromatic carbocycles. The van der Waals surface area contributed by atoms with Gasteiger partial charge in [-0.15, -0.1) is 0 Å². The summed E-state index contributed by atoms with van der Waals surface area (Å²) in [6.45, 7) is 0. The van der Waals surface area contributed by atoms with E-state index < -0.39 is 5.66 Å². The van der Waals surface area contributed by atoms with Crippen LogP contribution in [0, 0.1) is 0 Å². The number of allylic oxidation sites excluding steroid dienone is 1. The molecule has 0 amide bonds. The van der Waals surface area contributed by atoms with Gasteiger partial charge in [0, 0.05) is 6.42 Å². The molecule has 0 unspecified atom stereocenters. The zero-order valence-electron chi connectivity index (χ0n) is 4.27. The molecule has 3 nitrogen and oxygen atoms in total. The second kappa shape index (κ2) is 1.01. The minimum atomic E-state index is -0.417. The third-order valence-electron chi connectivity index (χ3n) is 1.51. The Morgan fingerprint density at radius 3 is 2.62 bits per heavy atom. The van der Waals surface area contributed by atoms with Crippen molar-refractivity contribution in [1.82, 2.24) is 10.9 Å². The highest BCUT2D eigenvalue weighted by atomic mass is 16.1. The standard InChI is InChI=1S/C5H6N2O/c8-4-2-1-3-5(4)6-7-5/h1,3,6-7H,2H2. The zero-order valence-corrected chi connectivity index (χ0v) is 4.27. The van der Waals surface area contributed by atoms with E-state index in [4.69, 9.17) is 0 Å². The summed E-state index contributed by atoms with van der Waals surface area (Å²) in [6.07, 6.45) is 4.30. The van der Waals surface area contributed by atoms with Crippen molar-refractivity contribution in [3.8, 4) is 0 Å². The van der Waals surface area contributed by atoms with Gasteiger partial charge in [-0.1, -0.05) is 6.08 Å². The van der Waals surface area contributed by atoms with E-state index in [1.165, 1.54) is 0 Å². The minimum absolute atomic E-state index is 0.220.